The largest absolute Gasteiger partial charge is 0.497 e. The van der Waals surface area contributed by atoms with Gasteiger partial charge in [-0.25, -0.2) is 4.79 Å². The van der Waals surface area contributed by atoms with Crippen LogP contribution in [0.4, 0.5) is 10.5 Å². The molecule has 1 atom stereocenters. The summed E-state index contributed by atoms with van der Waals surface area (Å²) in [4.78, 5) is 27.3. The minimum atomic E-state index is -0.400. The van der Waals surface area contributed by atoms with Crippen molar-refractivity contribution in [1.82, 2.24) is 10.2 Å². The van der Waals surface area contributed by atoms with Gasteiger partial charge in [-0.1, -0.05) is 6.07 Å². The van der Waals surface area contributed by atoms with E-state index in [0.717, 1.165) is 5.69 Å². The smallest absolute Gasteiger partial charge is 0.317 e. The number of nitrogens with zero attached hydrogens (tertiary/aromatic N) is 2. The molecule has 1 aliphatic rings. The van der Waals surface area contributed by atoms with Crippen LogP contribution in [0.15, 0.2) is 24.3 Å². The first-order valence-electron chi connectivity index (χ1n) is 7.80. The van der Waals surface area contributed by atoms with Crippen molar-refractivity contribution >= 4 is 17.6 Å². The zero-order valence-electron chi connectivity index (χ0n) is 13.6. The summed E-state index contributed by atoms with van der Waals surface area (Å²) >= 11 is 0. The van der Waals surface area contributed by atoms with E-state index in [1.807, 2.05) is 6.07 Å². The number of nitrogens with one attached hydrogen (secondary N) is 1. The van der Waals surface area contributed by atoms with Crippen LogP contribution < -0.4 is 15.0 Å². The van der Waals surface area contributed by atoms with Crippen LogP contribution in [-0.4, -0.2) is 73.1 Å². The number of rotatable bonds is 7. The zero-order valence-corrected chi connectivity index (χ0v) is 13.6. The van der Waals surface area contributed by atoms with Crippen LogP contribution in [0.5, 0.6) is 5.75 Å². The van der Waals surface area contributed by atoms with Gasteiger partial charge in [-0.3, -0.25) is 4.79 Å². The van der Waals surface area contributed by atoms with Gasteiger partial charge >= 0.3 is 6.03 Å². The third-order valence-electron chi connectivity index (χ3n) is 3.84. The minimum Gasteiger partial charge on any atom is -0.497 e. The van der Waals surface area contributed by atoms with E-state index in [1.54, 1.807) is 30.2 Å². The molecule has 0 radical (unpaired) electrons. The Morgan fingerprint density at radius 2 is 2.08 bits per heavy atom. The molecule has 1 aromatic rings. The number of carbonyl (C=O) groups is 2. The maximum absolute atomic E-state index is 12.2. The second kappa shape index (κ2) is 8.51. The van der Waals surface area contributed by atoms with Crippen LogP contribution >= 0.6 is 0 Å². The molecule has 8 heteroatoms. The quantitative estimate of drug-likeness (QED) is 0.639. The lowest BCUT2D eigenvalue weighted by Gasteiger charge is -2.23. The highest BCUT2D eigenvalue weighted by atomic mass is 16.5. The molecule has 1 heterocycles. The van der Waals surface area contributed by atoms with Gasteiger partial charge in [0.15, 0.2) is 0 Å². The Hall–Kier alpha value is -2.32. The van der Waals surface area contributed by atoms with E-state index < -0.39 is 6.03 Å². The Balaban J connectivity index is 1.99. The maximum atomic E-state index is 12.2. The highest BCUT2D eigenvalue weighted by Crippen LogP contribution is 2.25. The second-order valence-corrected chi connectivity index (χ2v) is 5.49. The van der Waals surface area contributed by atoms with Gasteiger partial charge in [0, 0.05) is 37.8 Å². The summed E-state index contributed by atoms with van der Waals surface area (Å²) in [7, 11) is 1.56. The first-order chi connectivity index (χ1) is 11.6. The van der Waals surface area contributed by atoms with Crippen molar-refractivity contribution in [3.8, 4) is 5.75 Å². The SMILES string of the molecule is COc1cccc(N2CC(NC(=O)N(CCO)CCO)CC2=O)c1. The molecule has 3 amide bonds. The lowest BCUT2D eigenvalue weighted by molar-refractivity contribution is -0.117. The van der Waals surface area contributed by atoms with Gasteiger partial charge < -0.3 is 30.1 Å². The van der Waals surface area contributed by atoms with Crippen molar-refractivity contribution in [2.45, 2.75) is 12.5 Å². The normalized spacial score (nSPS) is 17.0. The van der Waals surface area contributed by atoms with E-state index in [9.17, 15) is 9.59 Å². The van der Waals surface area contributed by atoms with E-state index in [4.69, 9.17) is 14.9 Å². The molecular weight excluding hydrogens is 314 g/mol. The summed E-state index contributed by atoms with van der Waals surface area (Å²) in [5.74, 6) is 0.578. The van der Waals surface area contributed by atoms with Gasteiger partial charge in [-0.2, -0.15) is 0 Å². The minimum absolute atomic E-state index is 0.0792. The summed E-state index contributed by atoms with van der Waals surface area (Å²) in [5, 5.41) is 20.7. The van der Waals surface area contributed by atoms with Gasteiger partial charge in [0.05, 0.1) is 26.4 Å². The number of aliphatic hydroxyl groups is 2. The third kappa shape index (κ3) is 4.36. The van der Waals surface area contributed by atoms with Crippen LogP contribution in [0, 0.1) is 0 Å². The van der Waals surface area contributed by atoms with Crippen LogP contribution in [-0.2, 0) is 4.79 Å². The Labute approximate surface area is 140 Å². The van der Waals surface area contributed by atoms with Gasteiger partial charge in [0.1, 0.15) is 5.75 Å². The van der Waals surface area contributed by atoms with Gasteiger partial charge in [0.2, 0.25) is 5.91 Å². The molecule has 132 valence electrons. The predicted octanol–water partition coefficient (Wildman–Crippen LogP) is -0.203. The first kappa shape index (κ1) is 18.0. The van der Waals surface area contributed by atoms with Crippen LogP contribution in [0.1, 0.15) is 6.42 Å². The molecular formula is C16H23N3O5. The fourth-order valence-corrected chi connectivity index (χ4v) is 2.65. The molecule has 1 aromatic carbocycles. The molecule has 24 heavy (non-hydrogen) atoms. The van der Waals surface area contributed by atoms with Crippen molar-refractivity contribution in [2.24, 2.45) is 0 Å². The monoisotopic (exact) mass is 337 g/mol. The van der Waals surface area contributed by atoms with E-state index in [0.29, 0.717) is 12.3 Å². The molecule has 0 spiro atoms. The highest BCUT2D eigenvalue weighted by Gasteiger charge is 2.32. The lowest BCUT2D eigenvalue weighted by atomic mass is 10.2. The Bertz CT molecular complexity index is 575. The average Bonchev–Trinajstić information content (AvgIpc) is 2.95. The second-order valence-electron chi connectivity index (χ2n) is 5.49. The molecule has 0 saturated carbocycles. The van der Waals surface area contributed by atoms with Gasteiger partial charge in [-0.05, 0) is 12.1 Å². The Morgan fingerprint density at radius 3 is 2.71 bits per heavy atom. The van der Waals surface area contributed by atoms with Crippen molar-refractivity contribution < 1.29 is 24.5 Å². The number of methoxy groups -OCH3 is 1. The maximum Gasteiger partial charge on any atom is 0.317 e. The number of amides is 3. The fourth-order valence-electron chi connectivity index (χ4n) is 2.65. The van der Waals surface area contributed by atoms with Gasteiger partial charge in [-0.15, -0.1) is 0 Å². The summed E-state index contributed by atoms with van der Waals surface area (Å²) in [6.45, 7) is 0.253. The highest BCUT2D eigenvalue weighted by molar-refractivity contribution is 5.97. The summed E-state index contributed by atoms with van der Waals surface area (Å²) in [6.07, 6.45) is 0.203. The van der Waals surface area contributed by atoms with Gasteiger partial charge in [0.25, 0.3) is 0 Å². The zero-order chi connectivity index (χ0) is 17.5. The lowest BCUT2D eigenvalue weighted by Crippen LogP contribution is -2.47. The number of benzene rings is 1. The molecule has 3 N–H and O–H groups in total. The predicted molar refractivity (Wildman–Crippen MR) is 88.0 cm³/mol. The molecule has 0 aliphatic carbocycles. The third-order valence-corrected chi connectivity index (χ3v) is 3.84. The number of carbonyl (C=O) groups excluding carboxylic acids is 2. The molecule has 0 bridgehead atoms. The molecule has 1 saturated heterocycles. The fraction of sp³-hybridized carbons (Fsp3) is 0.500. The molecule has 1 fully saturated rings. The number of ether oxygens (including phenoxy) is 1. The number of urea groups is 1. The van der Waals surface area contributed by atoms with Crippen LogP contribution in [0.25, 0.3) is 0 Å². The van der Waals surface area contributed by atoms with Crippen molar-refractivity contribution in [3.05, 3.63) is 24.3 Å². The molecule has 2 rings (SSSR count). The number of anilines is 1. The van der Waals surface area contributed by atoms with E-state index >= 15 is 0 Å². The number of hydrogen-bond donors (Lipinski definition) is 3. The van der Waals surface area contributed by atoms with Crippen LogP contribution in [0.3, 0.4) is 0 Å². The summed E-state index contributed by atoms with van der Waals surface area (Å²) in [6, 6.07) is 6.46. The van der Waals surface area contributed by atoms with Crippen molar-refractivity contribution in [1.29, 1.82) is 0 Å². The van der Waals surface area contributed by atoms with Crippen molar-refractivity contribution in [3.63, 3.8) is 0 Å². The molecule has 0 aromatic heterocycles. The van der Waals surface area contributed by atoms with Crippen LogP contribution in [0.2, 0.25) is 0 Å². The number of hydrogen-bond acceptors (Lipinski definition) is 5. The van der Waals surface area contributed by atoms with E-state index in [-0.39, 0.29) is 44.7 Å². The standard InChI is InChI=1S/C16H23N3O5/c1-24-14-4-2-3-13(10-14)19-11-12(9-15(19)22)17-16(23)18(5-7-20)6-8-21/h2-4,10,12,20-21H,5-9,11H2,1H3,(H,17,23). The summed E-state index contributed by atoms with van der Waals surface area (Å²) < 4.78 is 5.16. The topological polar surface area (TPSA) is 102 Å². The van der Waals surface area contributed by atoms with E-state index in [1.165, 1.54) is 4.90 Å². The average molecular weight is 337 g/mol. The molecule has 1 unspecified atom stereocenters. The Kier molecular flexibility index (Phi) is 6.39. The summed E-state index contributed by atoms with van der Waals surface area (Å²) in [5.41, 5.74) is 0.721. The molecule has 1 aliphatic heterocycles. The van der Waals surface area contributed by atoms with E-state index in [2.05, 4.69) is 5.32 Å². The molecule has 8 nitrogen and oxygen atoms in total. The van der Waals surface area contributed by atoms with Crippen molar-refractivity contribution in [2.75, 3.05) is 44.9 Å². The number of aliphatic hydroxyl groups excluding tert-OH is 2. The first-order valence-corrected chi connectivity index (χ1v) is 7.80. The Morgan fingerprint density at radius 1 is 1.38 bits per heavy atom.